The van der Waals surface area contributed by atoms with Crippen LogP contribution in [-0.2, 0) is 19.1 Å². The SMILES string of the molecule is CC(C)(C)OC(=O)NCCC(=O)OCC(=O)Nc1ccccc1Br. The molecular formula is C16H21BrN2O5. The summed E-state index contributed by atoms with van der Waals surface area (Å²) in [5.41, 5.74) is -0.0147. The van der Waals surface area contributed by atoms with Crippen molar-refractivity contribution >= 4 is 39.6 Å². The maximum absolute atomic E-state index is 11.7. The highest BCUT2D eigenvalue weighted by Crippen LogP contribution is 2.20. The molecule has 0 atom stereocenters. The second-order valence-electron chi connectivity index (χ2n) is 5.87. The summed E-state index contributed by atoms with van der Waals surface area (Å²) < 4.78 is 10.6. The Morgan fingerprint density at radius 3 is 2.46 bits per heavy atom. The Morgan fingerprint density at radius 2 is 1.83 bits per heavy atom. The number of rotatable bonds is 6. The molecule has 0 aliphatic carbocycles. The van der Waals surface area contributed by atoms with Gasteiger partial charge in [-0.25, -0.2) is 4.79 Å². The van der Waals surface area contributed by atoms with Gasteiger partial charge in [0.2, 0.25) is 0 Å². The predicted molar refractivity (Wildman–Crippen MR) is 92.6 cm³/mol. The largest absolute Gasteiger partial charge is 0.456 e. The van der Waals surface area contributed by atoms with Crippen LogP contribution in [0.15, 0.2) is 28.7 Å². The first-order valence-corrected chi connectivity index (χ1v) is 8.13. The summed E-state index contributed by atoms with van der Waals surface area (Å²) in [4.78, 5) is 34.6. The highest BCUT2D eigenvalue weighted by Gasteiger charge is 2.16. The average molecular weight is 401 g/mol. The number of benzene rings is 1. The van der Waals surface area contributed by atoms with Crippen LogP contribution in [0.1, 0.15) is 27.2 Å². The fourth-order valence-electron chi connectivity index (χ4n) is 1.55. The van der Waals surface area contributed by atoms with Crippen molar-refractivity contribution in [2.24, 2.45) is 0 Å². The van der Waals surface area contributed by atoms with Gasteiger partial charge in [-0.2, -0.15) is 0 Å². The maximum atomic E-state index is 11.7. The van der Waals surface area contributed by atoms with E-state index in [0.29, 0.717) is 5.69 Å². The van der Waals surface area contributed by atoms with Gasteiger partial charge in [0.15, 0.2) is 6.61 Å². The van der Waals surface area contributed by atoms with Crippen LogP contribution in [0.4, 0.5) is 10.5 Å². The molecule has 24 heavy (non-hydrogen) atoms. The number of ether oxygens (including phenoxy) is 2. The molecule has 0 aliphatic heterocycles. The lowest BCUT2D eigenvalue weighted by Gasteiger charge is -2.19. The Bertz CT molecular complexity index is 598. The van der Waals surface area contributed by atoms with Crippen molar-refractivity contribution in [3.63, 3.8) is 0 Å². The number of esters is 1. The van der Waals surface area contributed by atoms with E-state index in [2.05, 4.69) is 26.6 Å². The lowest BCUT2D eigenvalue weighted by molar-refractivity contribution is -0.147. The molecule has 2 N–H and O–H groups in total. The third-order valence-corrected chi connectivity index (χ3v) is 3.20. The van der Waals surface area contributed by atoms with Gasteiger partial charge < -0.3 is 20.1 Å². The van der Waals surface area contributed by atoms with Gasteiger partial charge in [0.1, 0.15) is 5.60 Å². The third-order valence-electron chi connectivity index (χ3n) is 2.51. The molecule has 0 saturated carbocycles. The first-order chi connectivity index (χ1) is 11.2. The zero-order chi connectivity index (χ0) is 18.2. The summed E-state index contributed by atoms with van der Waals surface area (Å²) >= 11 is 3.30. The molecule has 0 aliphatic rings. The fraction of sp³-hybridized carbons (Fsp3) is 0.438. The molecule has 0 radical (unpaired) electrons. The van der Waals surface area contributed by atoms with Crippen LogP contribution in [0.2, 0.25) is 0 Å². The molecule has 0 fully saturated rings. The van der Waals surface area contributed by atoms with Crippen molar-refractivity contribution in [3.05, 3.63) is 28.7 Å². The van der Waals surface area contributed by atoms with Crippen LogP contribution in [0.3, 0.4) is 0 Å². The fourth-order valence-corrected chi connectivity index (χ4v) is 1.93. The number of anilines is 1. The van der Waals surface area contributed by atoms with Crippen LogP contribution >= 0.6 is 15.9 Å². The van der Waals surface area contributed by atoms with E-state index in [1.807, 2.05) is 6.07 Å². The standard InChI is InChI=1S/C16H21BrN2O5/c1-16(2,3)24-15(22)18-9-8-14(21)23-10-13(20)19-12-7-5-4-6-11(12)17/h4-7H,8-10H2,1-3H3,(H,18,22)(H,19,20). The second kappa shape index (κ2) is 9.27. The van der Waals surface area contributed by atoms with Gasteiger partial charge in [0.05, 0.1) is 12.1 Å². The number of hydrogen-bond acceptors (Lipinski definition) is 5. The summed E-state index contributed by atoms with van der Waals surface area (Å²) in [6, 6.07) is 7.09. The van der Waals surface area contributed by atoms with Crippen molar-refractivity contribution in [2.45, 2.75) is 32.8 Å². The number of carbonyl (C=O) groups excluding carboxylic acids is 3. The van der Waals surface area contributed by atoms with Crippen LogP contribution < -0.4 is 10.6 Å². The molecular weight excluding hydrogens is 380 g/mol. The highest BCUT2D eigenvalue weighted by atomic mass is 79.9. The summed E-state index contributed by atoms with van der Waals surface area (Å²) in [5.74, 6) is -1.04. The van der Waals surface area contributed by atoms with E-state index in [1.54, 1.807) is 39.0 Å². The number of nitrogens with one attached hydrogen (secondary N) is 2. The molecule has 132 valence electrons. The monoisotopic (exact) mass is 400 g/mol. The number of halogens is 1. The lowest BCUT2D eigenvalue weighted by atomic mass is 10.2. The van der Waals surface area contributed by atoms with Crippen molar-refractivity contribution in [3.8, 4) is 0 Å². The minimum absolute atomic E-state index is 0.0540. The van der Waals surface area contributed by atoms with Crippen molar-refractivity contribution in [1.29, 1.82) is 0 Å². The predicted octanol–water partition coefficient (Wildman–Crippen LogP) is 2.85. The van der Waals surface area contributed by atoms with E-state index >= 15 is 0 Å². The van der Waals surface area contributed by atoms with Gasteiger partial charge in [-0.3, -0.25) is 9.59 Å². The molecule has 7 nitrogen and oxygen atoms in total. The number of para-hydroxylation sites is 1. The molecule has 0 aromatic heterocycles. The minimum Gasteiger partial charge on any atom is -0.456 e. The second-order valence-corrected chi connectivity index (χ2v) is 6.72. The Morgan fingerprint density at radius 1 is 1.17 bits per heavy atom. The summed E-state index contributed by atoms with van der Waals surface area (Å²) in [7, 11) is 0. The smallest absolute Gasteiger partial charge is 0.407 e. The number of carbonyl (C=O) groups is 3. The molecule has 0 spiro atoms. The zero-order valence-corrected chi connectivity index (χ0v) is 15.4. The van der Waals surface area contributed by atoms with E-state index in [0.717, 1.165) is 4.47 Å². The minimum atomic E-state index is -0.609. The quantitative estimate of drug-likeness (QED) is 0.715. The van der Waals surface area contributed by atoms with Crippen molar-refractivity contribution < 1.29 is 23.9 Å². The van der Waals surface area contributed by atoms with Crippen LogP contribution in [0.25, 0.3) is 0 Å². The van der Waals surface area contributed by atoms with Crippen LogP contribution in [-0.4, -0.2) is 36.7 Å². The number of hydrogen-bond donors (Lipinski definition) is 2. The molecule has 0 saturated heterocycles. The van der Waals surface area contributed by atoms with Gasteiger partial charge in [-0.05, 0) is 48.8 Å². The highest BCUT2D eigenvalue weighted by molar-refractivity contribution is 9.10. The van der Waals surface area contributed by atoms with E-state index in [1.165, 1.54) is 0 Å². The van der Waals surface area contributed by atoms with E-state index in [4.69, 9.17) is 9.47 Å². The first-order valence-electron chi connectivity index (χ1n) is 7.34. The maximum Gasteiger partial charge on any atom is 0.407 e. The zero-order valence-electron chi connectivity index (χ0n) is 13.8. The average Bonchev–Trinajstić information content (AvgIpc) is 2.45. The van der Waals surface area contributed by atoms with Gasteiger partial charge in [-0.15, -0.1) is 0 Å². The van der Waals surface area contributed by atoms with E-state index in [-0.39, 0.29) is 13.0 Å². The number of amides is 2. The van der Waals surface area contributed by atoms with Crippen LogP contribution in [0.5, 0.6) is 0 Å². The van der Waals surface area contributed by atoms with Crippen LogP contribution in [0, 0.1) is 0 Å². The molecule has 2 amide bonds. The van der Waals surface area contributed by atoms with Crippen molar-refractivity contribution in [2.75, 3.05) is 18.5 Å². The Kier molecular flexibility index (Phi) is 7.70. The third kappa shape index (κ3) is 8.52. The normalized spacial score (nSPS) is 10.7. The molecule has 1 rings (SSSR count). The Balaban J connectivity index is 2.23. The molecule has 8 heteroatoms. The van der Waals surface area contributed by atoms with Gasteiger partial charge in [0, 0.05) is 11.0 Å². The molecule has 0 unspecified atom stereocenters. The Hall–Kier alpha value is -2.09. The van der Waals surface area contributed by atoms with Gasteiger partial charge in [-0.1, -0.05) is 12.1 Å². The lowest BCUT2D eigenvalue weighted by Crippen LogP contribution is -2.34. The summed E-state index contributed by atoms with van der Waals surface area (Å²) in [5, 5.41) is 5.05. The molecule has 0 heterocycles. The molecule has 1 aromatic rings. The molecule has 1 aromatic carbocycles. The first kappa shape index (κ1) is 20.0. The van der Waals surface area contributed by atoms with Gasteiger partial charge >= 0.3 is 12.1 Å². The van der Waals surface area contributed by atoms with E-state index in [9.17, 15) is 14.4 Å². The summed E-state index contributed by atoms with van der Waals surface area (Å²) in [6.45, 7) is 4.89. The van der Waals surface area contributed by atoms with Gasteiger partial charge in [0.25, 0.3) is 5.91 Å². The molecule has 0 bridgehead atoms. The Labute approximate surface area is 149 Å². The topological polar surface area (TPSA) is 93.7 Å². The van der Waals surface area contributed by atoms with E-state index < -0.39 is 30.2 Å². The number of alkyl carbamates (subject to hydrolysis) is 1. The summed E-state index contributed by atoms with van der Waals surface area (Å²) in [6.07, 6.45) is -0.663. The van der Waals surface area contributed by atoms with Crippen molar-refractivity contribution in [1.82, 2.24) is 5.32 Å².